The van der Waals surface area contributed by atoms with E-state index in [4.69, 9.17) is 5.73 Å². The zero-order chi connectivity index (χ0) is 13.8. The fourth-order valence-electron chi connectivity index (χ4n) is 1.61. The maximum Gasteiger partial charge on any atom is 0.251 e. The Hall–Kier alpha value is -2.44. The van der Waals surface area contributed by atoms with Crippen molar-refractivity contribution in [2.24, 2.45) is 0 Å². The number of aryl methyl sites for hydroxylation is 1. The molecule has 1 amide bonds. The van der Waals surface area contributed by atoms with Crippen molar-refractivity contribution in [3.05, 3.63) is 41.7 Å². The van der Waals surface area contributed by atoms with Crippen LogP contribution >= 0.6 is 0 Å². The van der Waals surface area contributed by atoms with E-state index in [0.29, 0.717) is 12.4 Å². The lowest BCUT2D eigenvalue weighted by molar-refractivity contribution is 0.0949. The second kappa shape index (κ2) is 5.47. The molecule has 0 atom stereocenters. The van der Waals surface area contributed by atoms with Crippen molar-refractivity contribution in [1.29, 1.82) is 0 Å². The van der Waals surface area contributed by atoms with Gasteiger partial charge in [0.2, 0.25) is 0 Å². The molecule has 2 aromatic rings. The second-order valence-electron chi connectivity index (χ2n) is 3.95. The van der Waals surface area contributed by atoms with Gasteiger partial charge in [-0.3, -0.25) is 4.79 Å². The van der Waals surface area contributed by atoms with E-state index in [-0.39, 0.29) is 23.7 Å². The van der Waals surface area contributed by atoms with Crippen LogP contribution in [0.5, 0.6) is 0 Å². The van der Waals surface area contributed by atoms with Crippen LogP contribution < -0.4 is 11.1 Å². The number of halogens is 1. The lowest BCUT2D eigenvalue weighted by atomic mass is 10.2. The molecule has 2 rings (SSSR count). The summed E-state index contributed by atoms with van der Waals surface area (Å²) < 4.78 is 15.0. The molecule has 0 aliphatic rings. The van der Waals surface area contributed by atoms with E-state index in [1.807, 2.05) is 11.5 Å². The normalized spacial score (nSPS) is 10.4. The minimum atomic E-state index is -0.607. The molecule has 1 aromatic heterocycles. The number of benzene rings is 1. The van der Waals surface area contributed by atoms with Crippen LogP contribution in [0.15, 0.2) is 24.5 Å². The molecule has 0 unspecified atom stereocenters. The fourth-order valence-corrected chi connectivity index (χ4v) is 1.61. The summed E-state index contributed by atoms with van der Waals surface area (Å²) >= 11 is 0. The molecule has 7 heteroatoms. The van der Waals surface area contributed by atoms with Gasteiger partial charge in [0.1, 0.15) is 12.1 Å². The maximum atomic E-state index is 13.2. The van der Waals surface area contributed by atoms with Crippen LogP contribution in [0.1, 0.15) is 23.1 Å². The summed E-state index contributed by atoms with van der Waals surface area (Å²) in [5.41, 5.74) is 5.58. The summed E-state index contributed by atoms with van der Waals surface area (Å²) in [7, 11) is 0. The molecule has 0 spiro atoms. The van der Waals surface area contributed by atoms with Gasteiger partial charge in [-0.2, -0.15) is 0 Å². The van der Waals surface area contributed by atoms with E-state index in [0.717, 1.165) is 6.07 Å². The molecule has 19 heavy (non-hydrogen) atoms. The number of nitrogens with two attached hydrogens (primary N) is 1. The highest BCUT2D eigenvalue weighted by Gasteiger charge is 2.10. The van der Waals surface area contributed by atoms with Crippen LogP contribution in [-0.2, 0) is 13.1 Å². The van der Waals surface area contributed by atoms with E-state index in [2.05, 4.69) is 15.5 Å². The first-order valence-electron chi connectivity index (χ1n) is 5.81. The average Bonchev–Trinajstić information content (AvgIpc) is 2.86. The van der Waals surface area contributed by atoms with E-state index >= 15 is 0 Å². The van der Waals surface area contributed by atoms with Gasteiger partial charge in [0.25, 0.3) is 5.91 Å². The number of nitrogens with one attached hydrogen (secondary N) is 1. The summed E-state index contributed by atoms with van der Waals surface area (Å²) in [4.78, 5) is 11.8. The summed E-state index contributed by atoms with van der Waals surface area (Å²) in [5, 5.41) is 10.3. The van der Waals surface area contributed by atoms with Crippen molar-refractivity contribution >= 4 is 11.6 Å². The lowest BCUT2D eigenvalue weighted by Crippen LogP contribution is -2.24. The zero-order valence-corrected chi connectivity index (χ0v) is 10.4. The second-order valence-corrected chi connectivity index (χ2v) is 3.95. The van der Waals surface area contributed by atoms with E-state index < -0.39 is 5.82 Å². The number of hydrogen-bond acceptors (Lipinski definition) is 4. The summed E-state index contributed by atoms with van der Waals surface area (Å²) in [5.74, 6) is -0.347. The van der Waals surface area contributed by atoms with E-state index in [1.165, 1.54) is 12.1 Å². The molecule has 1 aromatic carbocycles. The Balaban J connectivity index is 2.03. The number of amides is 1. The van der Waals surface area contributed by atoms with Crippen LogP contribution in [0.25, 0.3) is 0 Å². The van der Waals surface area contributed by atoms with Crippen molar-refractivity contribution in [3.8, 4) is 0 Å². The zero-order valence-electron chi connectivity index (χ0n) is 10.4. The van der Waals surface area contributed by atoms with Gasteiger partial charge in [-0.05, 0) is 25.1 Å². The highest BCUT2D eigenvalue weighted by atomic mass is 19.1. The van der Waals surface area contributed by atoms with Gasteiger partial charge in [0.15, 0.2) is 5.82 Å². The van der Waals surface area contributed by atoms with Gasteiger partial charge in [-0.15, -0.1) is 10.2 Å². The number of hydrogen-bond donors (Lipinski definition) is 2. The van der Waals surface area contributed by atoms with Crippen molar-refractivity contribution in [2.45, 2.75) is 20.0 Å². The predicted molar refractivity (Wildman–Crippen MR) is 67.7 cm³/mol. The Kier molecular flexibility index (Phi) is 3.74. The molecule has 0 aliphatic heterocycles. The Bertz CT molecular complexity index is 596. The van der Waals surface area contributed by atoms with Crippen molar-refractivity contribution in [2.75, 3.05) is 5.73 Å². The third kappa shape index (κ3) is 2.87. The third-order valence-corrected chi connectivity index (χ3v) is 2.71. The lowest BCUT2D eigenvalue weighted by Gasteiger charge is -2.06. The number of anilines is 1. The monoisotopic (exact) mass is 263 g/mol. The number of nitrogens with zero attached hydrogens (tertiary/aromatic N) is 3. The Labute approximate surface area is 109 Å². The van der Waals surface area contributed by atoms with Crippen LogP contribution in [0, 0.1) is 5.82 Å². The Morgan fingerprint density at radius 1 is 1.53 bits per heavy atom. The molecule has 0 aliphatic carbocycles. The minimum absolute atomic E-state index is 0.0160. The number of rotatable bonds is 4. The molecule has 0 fully saturated rings. The number of nitrogen functional groups attached to an aromatic ring is 1. The van der Waals surface area contributed by atoms with Gasteiger partial charge in [0.05, 0.1) is 12.2 Å². The Morgan fingerprint density at radius 2 is 2.32 bits per heavy atom. The molecule has 6 nitrogen and oxygen atoms in total. The van der Waals surface area contributed by atoms with E-state index in [9.17, 15) is 9.18 Å². The molecule has 3 N–H and O–H groups in total. The maximum absolute atomic E-state index is 13.2. The predicted octanol–water partition coefficient (Wildman–Crippen LogP) is 0.949. The van der Waals surface area contributed by atoms with E-state index in [1.54, 1.807) is 6.33 Å². The quantitative estimate of drug-likeness (QED) is 0.804. The topological polar surface area (TPSA) is 85.8 Å². The van der Waals surface area contributed by atoms with Crippen LogP contribution in [-0.4, -0.2) is 20.7 Å². The van der Waals surface area contributed by atoms with Crippen molar-refractivity contribution in [1.82, 2.24) is 20.1 Å². The molecule has 1 heterocycles. The summed E-state index contributed by atoms with van der Waals surface area (Å²) in [6.07, 6.45) is 1.59. The van der Waals surface area contributed by atoms with Gasteiger partial charge < -0.3 is 15.6 Å². The number of aromatic nitrogens is 3. The first-order valence-corrected chi connectivity index (χ1v) is 5.81. The van der Waals surface area contributed by atoms with Crippen molar-refractivity contribution in [3.63, 3.8) is 0 Å². The number of carbonyl (C=O) groups excluding carboxylic acids is 1. The number of carbonyl (C=O) groups is 1. The smallest absolute Gasteiger partial charge is 0.251 e. The highest BCUT2D eigenvalue weighted by Crippen LogP contribution is 2.11. The Morgan fingerprint density at radius 3 is 3.00 bits per heavy atom. The molecule has 0 radical (unpaired) electrons. The SMILES string of the molecule is CCn1cnnc1CNC(=O)c1ccc(N)c(F)c1. The molecular formula is C12H14FN5O. The summed E-state index contributed by atoms with van der Waals surface area (Å²) in [6, 6.07) is 3.94. The molecule has 100 valence electrons. The largest absolute Gasteiger partial charge is 0.396 e. The first kappa shape index (κ1) is 13.0. The summed E-state index contributed by atoms with van der Waals surface area (Å²) in [6.45, 7) is 2.90. The first-order chi connectivity index (χ1) is 9.11. The van der Waals surface area contributed by atoms with Gasteiger partial charge in [-0.25, -0.2) is 4.39 Å². The molecular weight excluding hydrogens is 249 g/mol. The molecule has 0 saturated carbocycles. The fraction of sp³-hybridized carbons (Fsp3) is 0.250. The molecule has 0 saturated heterocycles. The standard InChI is InChI=1S/C12H14FN5O/c1-2-18-7-16-17-11(18)6-15-12(19)8-3-4-10(14)9(13)5-8/h3-5,7H,2,6,14H2,1H3,(H,15,19). The molecule has 0 bridgehead atoms. The van der Waals surface area contributed by atoms with Crippen molar-refractivity contribution < 1.29 is 9.18 Å². The van der Waals surface area contributed by atoms with Crippen LogP contribution in [0.4, 0.5) is 10.1 Å². The third-order valence-electron chi connectivity index (χ3n) is 2.71. The average molecular weight is 263 g/mol. The highest BCUT2D eigenvalue weighted by molar-refractivity contribution is 5.94. The van der Waals surface area contributed by atoms with Gasteiger partial charge in [-0.1, -0.05) is 0 Å². The van der Waals surface area contributed by atoms with Crippen LogP contribution in [0.2, 0.25) is 0 Å². The van der Waals surface area contributed by atoms with Gasteiger partial charge in [0, 0.05) is 12.1 Å². The van der Waals surface area contributed by atoms with Gasteiger partial charge >= 0.3 is 0 Å². The minimum Gasteiger partial charge on any atom is -0.396 e. The van der Waals surface area contributed by atoms with Crippen LogP contribution in [0.3, 0.4) is 0 Å².